The Bertz CT molecular complexity index is 573. The minimum Gasteiger partial charge on any atom is -0.338 e. The fourth-order valence-electron chi connectivity index (χ4n) is 2.04. The standard InChI is InChI=1S/C15H20N2OS2/c1-5-17(9-10(2)3)15(18)13-11(4)16-14(20-13)12-7-6-8-19-12/h6-8,10H,5,9H2,1-4H3. The van der Waals surface area contributed by atoms with E-state index in [1.54, 1.807) is 11.3 Å². The zero-order valence-corrected chi connectivity index (χ0v) is 14.0. The van der Waals surface area contributed by atoms with Crippen LogP contribution in [0.3, 0.4) is 0 Å². The van der Waals surface area contributed by atoms with Gasteiger partial charge in [-0.05, 0) is 31.2 Å². The Morgan fingerprint density at radius 1 is 1.45 bits per heavy atom. The zero-order chi connectivity index (χ0) is 14.7. The Morgan fingerprint density at radius 3 is 2.75 bits per heavy atom. The predicted molar refractivity (Wildman–Crippen MR) is 86.6 cm³/mol. The summed E-state index contributed by atoms with van der Waals surface area (Å²) in [6, 6.07) is 4.05. The van der Waals surface area contributed by atoms with Crippen molar-refractivity contribution in [2.75, 3.05) is 13.1 Å². The number of aryl methyl sites for hydroxylation is 1. The van der Waals surface area contributed by atoms with Crippen molar-refractivity contribution in [3.8, 4) is 9.88 Å². The van der Waals surface area contributed by atoms with Crippen molar-refractivity contribution in [1.82, 2.24) is 9.88 Å². The molecule has 2 rings (SSSR count). The molecule has 0 atom stereocenters. The van der Waals surface area contributed by atoms with Gasteiger partial charge in [0, 0.05) is 13.1 Å². The van der Waals surface area contributed by atoms with Crippen LogP contribution in [0.5, 0.6) is 0 Å². The first-order valence-corrected chi connectivity index (χ1v) is 8.53. The van der Waals surface area contributed by atoms with E-state index in [1.165, 1.54) is 11.3 Å². The first-order chi connectivity index (χ1) is 9.52. The van der Waals surface area contributed by atoms with Crippen LogP contribution in [0.4, 0.5) is 0 Å². The number of carbonyl (C=O) groups is 1. The Kier molecular flexibility index (Phi) is 4.94. The first-order valence-electron chi connectivity index (χ1n) is 6.83. The van der Waals surface area contributed by atoms with Gasteiger partial charge in [0.1, 0.15) is 9.88 Å². The van der Waals surface area contributed by atoms with Crippen molar-refractivity contribution in [3.63, 3.8) is 0 Å². The van der Waals surface area contributed by atoms with Crippen LogP contribution < -0.4 is 0 Å². The van der Waals surface area contributed by atoms with E-state index >= 15 is 0 Å². The second-order valence-electron chi connectivity index (χ2n) is 5.15. The SMILES string of the molecule is CCN(CC(C)C)C(=O)c1sc(-c2cccs2)nc1C. The molecule has 0 aliphatic rings. The highest BCUT2D eigenvalue weighted by molar-refractivity contribution is 7.22. The summed E-state index contributed by atoms with van der Waals surface area (Å²) < 4.78 is 0. The van der Waals surface area contributed by atoms with E-state index in [2.05, 4.69) is 18.8 Å². The molecule has 0 bridgehead atoms. The van der Waals surface area contributed by atoms with Gasteiger partial charge >= 0.3 is 0 Å². The maximum Gasteiger partial charge on any atom is 0.265 e. The van der Waals surface area contributed by atoms with Crippen molar-refractivity contribution in [2.45, 2.75) is 27.7 Å². The fraction of sp³-hybridized carbons (Fsp3) is 0.467. The summed E-state index contributed by atoms with van der Waals surface area (Å²) in [6.07, 6.45) is 0. The van der Waals surface area contributed by atoms with Gasteiger partial charge < -0.3 is 4.90 Å². The lowest BCUT2D eigenvalue weighted by Gasteiger charge is -2.22. The number of nitrogens with zero attached hydrogens (tertiary/aromatic N) is 2. The molecule has 3 nitrogen and oxygen atoms in total. The van der Waals surface area contributed by atoms with E-state index in [-0.39, 0.29) is 5.91 Å². The number of thiazole rings is 1. The van der Waals surface area contributed by atoms with Crippen molar-refractivity contribution in [1.29, 1.82) is 0 Å². The largest absolute Gasteiger partial charge is 0.338 e. The average molecular weight is 308 g/mol. The minimum atomic E-state index is 0.110. The predicted octanol–water partition coefficient (Wildman–Crippen LogP) is 4.30. The molecule has 2 aromatic rings. The number of carbonyl (C=O) groups excluding carboxylic acids is 1. The molecule has 0 fully saturated rings. The summed E-state index contributed by atoms with van der Waals surface area (Å²) in [5.41, 5.74) is 0.839. The molecule has 0 aliphatic heterocycles. The average Bonchev–Trinajstić information content (AvgIpc) is 3.03. The van der Waals surface area contributed by atoms with E-state index in [4.69, 9.17) is 0 Å². The second-order valence-corrected chi connectivity index (χ2v) is 7.10. The Balaban J connectivity index is 2.26. The molecule has 0 aliphatic carbocycles. The number of hydrogen-bond donors (Lipinski definition) is 0. The van der Waals surface area contributed by atoms with Crippen molar-refractivity contribution in [2.24, 2.45) is 5.92 Å². The van der Waals surface area contributed by atoms with Crippen LogP contribution in [-0.2, 0) is 0 Å². The lowest BCUT2D eigenvalue weighted by Crippen LogP contribution is -2.33. The molecule has 2 aromatic heterocycles. The molecule has 2 heterocycles. The van der Waals surface area contributed by atoms with E-state index < -0.39 is 0 Å². The third-order valence-corrected chi connectivity index (χ3v) is 5.16. The second kappa shape index (κ2) is 6.50. The van der Waals surface area contributed by atoms with Gasteiger partial charge in [0.2, 0.25) is 0 Å². The van der Waals surface area contributed by atoms with Crippen LogP contribution >= 0.6 is 22.7 Å². The van der Waals surface area contributed by atoms with E-state index in [0.717, 1.165) is 33.5 Å². The number of thiophene rings is 1. The third-order valence-electron chi connectivity index (χ3n) is 2.98. The van der Waals surface area contributed by atoms with Gasteiger partial charge in [-0.1, -0.05) is 19.9 Å². The van der Waals surface area contributed by atoms with Crippen LogP contribution in [-0.4, -0.2) is 28.9 Å². The van der Waals surface area contributed by atoms with E-state index in [0.29, 0.717) is 5.92 Å². The zero-order valence-electron chi connectivity index (χ0n) is 12.3. The van der Waals surface area contributed by atoms with Gasteiger partial charge in [0.05, 0.1) is 10.6 Å². The molecule has 5 heteroatoms. The number of amides is 1. The molecule has 108 valence electrons. The number of hydrogen-bond acceptors (Lipinski definition) is 4. The first kappa shape index (κ1) is 15.2. The molecular formula is C15H20N2OS2. The fourth-order valence-corrected chi connectivity index (χ4v) is 3.87. The van der Waals surface area contributed by atoms with Crippen LogP contribution in [0, 0.1) is 12.8 Å². The van der Waals surface area contributed by atoms with Gasteiger partial charge in [0.25, 0.3) is 5.91 Å². The maximum atomic E-state index is 12.6. The van der Waals surface area contributed by atoms with Gasteiger partial charge in [-0.25, -0.2) is 4.98 Å². The molecule has 20 heavy (non-hydrogen) atoms. The minimum absolute atomic E-state index is 0.110. The highest BCUT2D eigenvalue weighted by atomic mass is 32.1. The summed E-state index contributed by atoms with van der Waals surface area (Å²) in [6.45, 7) is 9.74. The number of rotatable bonds is 5. The molecule has 0 N–H and O–H groups in total. The quantitative estimate of drug-likeness (QED) is 0.825. The molecular weight excluding hydrogens is 288 g/mol. The van der Waals surface area contributed by atoms with Crippen LogP contribution in [0.15, 0.2) is 17.5 Å². The molecule has 0 saturated heterocycles. The Morgan fingerprint density at radius 2 is 2.20 bits per heavy atom. The summed E-state index contributed by atoms with van der Waals surface area (Å²) >= 11 is 3.16. The molecule has 1 amide bonds. The topological polar surface area (TPSA) is 33.2 Å². The van der Waals surface area contributed by atoms with Crippen LogP contribution in [0.1, 0.15) is 36.1 Å². The highest BCUT2D eigenvalue weighted by Crippen LogP contribution is 2.31. The lowest BCUT2D eigenvalue weighted by molar-refractivity contribution is 0.0749. The Labute approximate surface area is 128 Å². The van der Waals surface area contributed by atoms with Gasteiger partial charge in [-0.15, -0.1) is 22.7 Å². The van der Waals surface area contributed by atoms with Crippen molar-refractivity contribution >= 4 is 28.6 Å². The summed E-state index contributed by atoms with van der Waals surface area (Å²) in [5, 5.41) is 2.98. The highest BCUT2D eigenvalue weighted by Gasteiger charge is 2.21. The third kappa shape index (κ3) is 3.27. The summed E-state index contributed by atoms with van der Waals surface area (Å²) in [7, 11) is 0. The number of aromatic nitrogens is 1. The van der Waals surface area contributed by atoms with Gasteiger partial charge in [0.15, 0.2) is 0 Å². The van der Waals surface area contributed by atoms with Crippen molar-refractivity contribution < 1.29 is 4.79 Å². The molecule has 0 spiro atoms. The van der Waals surface area contributed by atoms with E-state index in [9.17, 15) is 4.79 Å². The molecule has 0 unspecified atom stereocenters. The summed E-state index contributed by atoms with van der Waals surface area (Å²) in [4.78, 5) is 21.0. The smallest absolute Gasteiger partial charge is 0.265 e. The molecule has 0 radical (unpaired) electrons. The summed E-state index contributed by atoms with van der Waals surface area (Å²) in [5.74, 6) is 0.586. The van der Waals surface area contributed by atoms with Gasteiger partial charge in [-0.3, -0.25) is 4.79 Å². The Hall–Kier alpha value is -1.20. The maximum absolute atomic E-state index is 12.6. The van der Waals surface area contributed by atoms with Crippen LogP contribution in [0.25, 0.3) is 9.88 Å². The van der Waals surface area contributed by atoms with Crippen molar-refractivity contribution in [3.05, 3.63) is 28.1 Å². The monoisotopic (exact) mass is 308 g/mol. The van der Waals surface area contributed by atoms with Crippen LogP contribution in [0.2, 0.25) is 0 Å². The lowest BCUT2D eigenvalue weighted by atomic mass is 10.2. The molecule has 0 aromatic carbocycles. The normalized spacial score (nSPS) is 11.1. The van der Waals surface area contributed by atoms with Gasteiger partial charge in [-0.2, -0.15) is 0 Å². The van der Waals surface area contributed by atoms with E-state index in [1.807, 2.05) is 36.3 Å². The molecule has 0 saturated carbocycles.